The first-order chi connectivity index (χ1) is 11.6. The first-order valence-corrected chi connectivity index (χ1v) is 8.38. The Labute approximate surface area is 144 Å². The second-order valence-electron chi connectivity index (χ2n) is 5.85. The van der Waals surface area contributed by atoms with Crippen molar-refractivity contribution in [2.75, 3.05) is 18.5 Å². The lowest BCUT2D eigenvalue weighted by atomic mass is 10.1. The highest BCUT2D eigenvalue weighted by Crippen LogP contribution is 2.19. The first-order valence-electron chi connectivity index (χ1n) is 8.38. The molecule has 0 saturated heterocycles. The van der Waals surface area contributed by atoms with Crippen LogP contribution in [0.1, 0.15) is 30.0 Å². The number of rotatable bonds is 8. The number of ether oxygens (including phenoxy) is 1. The number of hydrogen-bond donors (Lipinski definition) is 2. The van der Waals surface area contributed by atoms with E-state index in [1.54, 1.807) is 0 Å². The van der Waals surface area contributed by atoms with Crippen LogP contribution in [0.3, 0.4) is 0 Å². The molecule has 2 rings (SSSR count). The molecule has 0 spiro atoms. The Hall–Kier alpha value is -2.33. The van der Waals surface area contributed by atoms with E-state index in [0.29, 0.717) is 13.0 Å². The molecular formula is C20H26N2O2. The number of benzene rings is 2. The van der Waals surface area contributed by atoms with Crippen molar-refractivity contribution in [3.05, 3.63) is 59.2 Å². The van der Waals surface area contributed by atoms with Crippen molar-refractivity contribution in [1.29, 1.82) is 0 Å². The standard InChI is InChI=1S/C20H26N2O2/c1-4-21-14-17-7-5-6-8-18(17)22-20(23)11-12-24-19-13-15(2)9-10-16(19)3/h5-10,13,21H,4,11-12,14H2,1-3H3,(H,22,23). The molecule has 0 saturated carbocycles. The largest absolute Gasteiger partial charge is 0.493 e. The molecule has 0 radical (unpaired) electrons. The summed E-state index contributed by atoms with van der Waals surface area (Å²) in [5, 5.41) is 6.25. The normalized spacial score (nSPS) is 10.5. The molecule has 4 heteroatoms. The van der Waals surface area contributed by atoms with Gasteiger partial charge in [0, 0.05) is 12.2 Å². The highest BCUT2D eigenvalue weighted by Gasteiger charge is 2.07. The molecule has 24 heavy (non-hydrogen) atoms. The maximum atomic E-state index is 12.2. The molecule has 0 aliphatic carbocycles. The highest BCUT2D eigenvalue weighted by molar-refractivity contribution is 5.91. The van der Waals surface area contributed by atoms with Gasteiger partial charge in [0.15, 0.2) is 0 Å². The van der Waals surface area contributed by atoms with Gasteiger partial charge in [-0.3, -0.25) is 4.79 Å². The molecular weight excluding hydrogens is 300 g/mol. The van der Waals surface area contributed by atoms with Crippen molar-refractivity contribution in [2.45, 2.75) is 33.7 Å². The van der Waals surface area contributed by atoms with Gasteiger partial charge in [0.2, 0.25) is 5.91 Å². The molecule has 0 heterocycles. The summed E-state index contributed by atoms with van der Waals surface area (Å²) in [5.41, 5.74) is 4.17. The summed E-state index contributed by atoms with van der Waals surface area (Å²) >= 11 is 0. The van der Waals surface area contributed by atoms with E-state index in [4.69, 9.17) is 4.74 Å². The summed E-state index contributed by atoms with van der Waals surface area (Å²) in [4.78, 5) is 12.2. The van der Waals surface area contributed by atoms with Crippen molar-refractivity contribution in [2.24, 2.45) is 0 Å². The van der Waals surface area contributed by atoms with Crippen molar-refractivity contribution < 1.29 is 9.53 Å². The number of anilines is 1. The van der Waals surface area contributed by atoms with Crippen LogP contribution >= 0.6 is 0 Å². The number of carbonyl (C=O) groups is 1. The summed E-state index contributed by atoms with van der Waals surface area (Å²) in [6.07, 6.45) is 0.322. The molecule has 2 N–H and O–H groups in total. The number of hydrogen-bond acceptors (Lipinski definition) is 3. The van der Waals surface area contributed by atoms with E-state index in [1.165, 1.54) is 0 Å². The maximum absolute atomic E-state index is 12.2. The molecule has 0 atom stereocenters. The van der Waals surface area contributed by atoms with Gasteiger partial charge < -0.3 is 15.4 Å². The Morgan fingerprint density at radius 3 is 2.71 bits per heavy atom. The Morgan fingerprint density at radius 2 is 1.92 bits per heavy atom. The fourth-order valence-electron chi connectivity index (χ4n) is 2.39. The second kappa shape index (κ2) is 9.08. The first kappa shape index (κ1) is 18.0. The van der Waals surface area contributed by atoms with Gasteiger partial charge in [0.05, 0.1) is 13.0 Å². The molecule has 0 aromatic heterocycles. The molecule has 0 fully saturated rings. The van der Waals surface area contributed by atoms with Gasteiger partial charge in [0.25, 0.3) is 0 Å². The van der Waals surface area contributed by atoms with E-state index in [1.807, 2.05) is 50.2 Å². The highest BCUT2D eigenvalue weighted by atomic mass is 16.5. The summed E-state index contributed by atoms with van der Waals surface area (Å²) in [6, 6.07) is 13.9. The van der Waals surface area contributed by atoms with E-state index in [0.717, 1.165) is 41.2 Å². The lowest BCUT2D eigenvalue weighted by Gasteiger charge is -2.12. The van der Waals surface area contributed by atoms with Gasteiger partial charge in [-0.1, -0.05) is 37.3 Å². The van der Waals surface area contributed by atoms with Crippen molar-refractivity contribution in [3.63, 3.8) is 0 Å². The molecule has 0 unspecified atom stereocenters. The van der Waals surface area contributed by atoms with Crippen LogP contribution < -0.4 is 15.4 Å². The van der Waals surface area contributed by atoms with Gasteiger partial charge in [-0.15, -0.1) is 0 Å². The number of aryl methyl sites for hydroxylation is 2. The van der Waals surface area contributed by atoms with Gasteiger partial charge >= 0.3 is 0 Å². The predicted octanol–water partition coefficient (Wildman–Crippen LogP) is 3.82. The van der Waals surface area contributed by atoms with Crippen molar-refractivity contribution >= 4 is 11.6 Å². The molecule has 2 aromatic carbocycles. The summed E-state index contributed by atoms with van der Waals surface area (Å²) in [6.45, 7) is 8.10. The van der Waals surface area contributed by atoms with E-state index in [9.17, 15) is 4.79 Å². The van der Waals surface area contributed by atoms with Crippen LogP contribution in [0.4, 0.5) is 5.69 Å². The molecule has 0 aliphatic heterocycles. The summed E-state index contributed by atoms with van der Waals surface area (Å²) in [7, 11) is 0. The van der Waals surface area contributed by atoms with E-state index >= 15 is 0 Å². The lowest BCUT2D eigenvalue weighted by Crippen LogP contribution is -2.18. The fraction of sp³-hybridized carbons (Fsp3) is 0.350. The Bertz CT molecular complexity index is 683. The van der Waals surface area contributed by atoms with Crippen LogP contribution in [0, 0.1) is 13.8 Å². The maximum Gasteiger partial charge on any atom is 0.227 e. The van der Waals surface area contributed by atoms with Gasteiger partial charge in [-0.2, -0.15) is 0 Å². The zero-order valence-electron chi connectivity index (χ0n) is 14.7. The molecule has 4 nitrogen and oxygen atoms in total. The van der Waals surface area contributed by atoms with Crippen LogP contribution in [0.5, 0.6) is 5.75 Å². The second-order valence-corrected chi connectivity index (χ2v) is 5.85. The summed E-state index contributed by atoms with van der Waals surface area (Å²) in [5.74, 6) is 0.805. The average molecular weight is 326 g/mol. The van der Waals surface area contributed by atoms with Crippen LogP contribution in [0.15, 0.2) is 42.5 Å². The third-order valence-electron chi connectivity index (χ3n) is 3.79. The smallest absolute Gasteiger partial charge is 0.227 e. The van der Waals surface area contributed by atoms with E-state index in [2.05, 4.69) is 23.6 Å². The number of para-hydroxylation sites is 1. The summed E-state index contributed by atoms with van der Waals surface area (Å²) < 4.78 is 5.75. The topological polar surface area (TPSA) is 50.4 Å². The number of carbonyl (C=O) groups excluding carboxylic acids is 1. The van der Waals surface area contributed by atoms with Crippen LogP contribution in [-0.2, 0) is 11.3 Å². The average Bonchev–Trinajstić information content (AvgIpc) is 2.57. The Kier molecular flexibility index (Phi) is 6.82. The van der Waals surface area contributed by atoms with Crippen LogP contribution in [-0.4, -0.2) is 19.1 Å². The minimum absolute atomic E-state index is 0.0377. The molecule has 0 bridgehead atoms. The molecule has 2 aromatic rings. The quantitative estimate of drug-likeness (QED) is 0.775. The van der Waals surface area contributed by atoms with Crippen LogP contribution in [0.2, 0.25) is 0 Å². The number of nitrogens with one attached hydrogen (secondary N) is 2. The van der Waals surface area contributed by atoms with Crippen LogP contribution in [0.25, 0.3) is 0 Å². The fourth-order valence-corrected chi connectivity index (χ4v) is 2.39. The van der Waals surface area contributed by atoms with E-state index < -0.39 is 0 Å². The zero-order valence-corrected chi connectivity index (χ0v) is 14.7. The molecule has 0 aliphatic rings. The number of amides is 1. The molecule has 128 valence electrons. The minimum atomic E-state index is -0.0377. The third-order valence-corrected chi connectivity index (χ3v) is 3.79. The Morgan fingerprint density at radius 1 is 1.12 bits per heavy atom. The SMILES string of the molecule is CCNCc1ccccc1NC(=O)CCOc1cc(C)ccc1C. The predicted molar refractivity (Wildman–Crippen MR) is 98.5 cm³/mol. The van der Waals surface area contributed by atoms with E-state index in [-0.39, 0.29) is 5.91 Å². The van der Waals surface area contributed by atoms with Crippen molar-refractivity contribution in [1.82, 2.24) is 5.32 Å². The van der Waals surface area contributed by atoms with Gasteiger partial charge in [0.1, 0.15) is 5.75 Å². The van der Waals surface area contributed by atoms with Gasteiger partial charge in [-0.25, -0.2) is 0 Å². The molecule has 1 amide bonds. The lowest BCUT2D eigenvalue weighted by molar-refractivity contribution is -0.116. The minimum Gasteiger partial charge on any atom is -0.493 e. The Balaban J connectivity index is 1.86. The van der Waals surface area contributed by atoms with Crippen molar-refractivity contribution in [3.8, 4) is 5.75 Å². The third kappa shape index (κ3) is 5.39. The van der Waals surface area contributed by atoms with Gasteiger partial charge in [-0.05, 0) is 49.2 Å². The zero-order chi connectivity index (χ0) is 17.4. The monoisotopic (exact) mass is 326 g/mol.